The van der Waals surface area contributed by atoms with Gasteiger partial charge in [0.1, 0.15) is 29.2 Å². The Morgan fingerprint density at radius 3 is 1.98 bits per heavy atom. The van der Waals surface area contributed by atoms with Crippen molar-refractivity contribution >= 4 is 97.7 Å². The Morgan fingerprint density at radius 2 is 1.35 bits per heavy atom. The number of H-pyrrole nitrogens is 1. The van der Waals surface area contributed by atoms with Gasteiger partial charge in [-0.25, -0.2) is 14.8 Å². The number of carbonyl (C=O) groups excluding carboxylic acids is 9. The van der Waals surface area contributed by atoms with E-state index in [1.54, 1.807) is 54.6 Å². The molecule has 1 saturated heterocycles. The number of amides is 7. The van der Waals surface area contributed by atoms with Crippen molar-refractivity contribution in [2.75, 3.05) is 76.3 Å². The van der Waals surface area contributed by atoms with Crippen molar-refractivity contribution in [3.05, 3.63) is 148 Å². The Labute approximate surface area is 589 Å². The summed E-state index contributed by atoms with van der Waals surface area (Å²) in [6.07, 6.45) is -1.34. The summed E-state index contributed by atoms with van der Waals surface area (Å²) in [5, 5.41) is 13.1. The van der Waals surface area contributed by atoms with Crippen molar-refractivity contribution in [1.82, 2.24) is 46.1 Å². The van der Waals surface area contributed by atoms with Crippen molar-refractivity contribution < 1.29 is 80.0 Å². The molecule has 26 nitrogen and oxygen atoms in total. The van der Waals surface area contributed by atoms with E-state index >= 15 is 0 Å². The minimum Gasteiger partial charge on any atom is -0.497 e. The molecule has 3 atom stereocenters. The molecule has 101 heavy (non-hydrogen) atoms. The number of nitrogens with one attached hydrogen (secondary N) is 6. The van der Waals surface area contributed by atoms with Gasteiger partial charge in [0.15, 0.2) is 11.2 Å². The normalized spacial score (nSPS) is 13.9. The summed E-state index contributed by atoms with van der Waals surface area (Å²) in [6, 6.07) is 27.7. The van der Waals surface area contributed by atoms with E-state index in [-0.39, 0.29) is 97.0 Å². The number of aromatic amines is 1. The van der Waals surface area contributed by atoms with Gasteiger partial charge in [0.25, 0.3) is 11.5 Å². The molecule has 0 saturated carbocycles. The van der Waals surface area contributed by atoms with E-state index in [1.807, 2.05) is 78.9 Å². The largest absolute Gasteiger partial charge is 0.497 e. The lowest BCUT2D eigenvalue weighted by atomic mass is 9.80. The molecule has 31 heteroatoms. The molecule has 1 aliphatic heterocycles. The number of esters is 2. The maximum atomic E-state index is 14.2. The summed E-state index contributed by atoms with van der Waals surface area (Å²) in [5.41, 5.74) is -0.805. The lowest BCUT2D eigenvalue weighted by Gasteiger charge is -2.38. The van der Waals surface area contributed by atoms with Crippen molar-refractivity contribution in [2.45, 2.75) is 127 Å². The molecular weight excluding hydrogens is 1360 g/mol. The number of likely N-dealkylation sites (tertiary alicyclic amines) is 1. The smallest absolute Gasteiger partial charge is 0.471 e. The molecule has 0 radical (unpaired) electrons. The molecule has 0 aliphatic carbocycles. The number of aromatic nitrogens is 4. The van der Waals surface area contributed by atoms with Crippen LogP contribution in [0.5, 0.6) is 11.5 Å². The quantitative estimate of drug-likeness (QED) is 0.00929. The first-order valence-corrected chi connectivity index (χ1v) is 35.4. The first kappa shape index (κ1) is 78.7. The maximum absolute atomic E-state index is 14.2. The molecule has 1 aliphatic rings. The third kappa shape index (κ3) is 23.2. The molecule has 7 amide bonds. The van der Waals surface area contributed by atoms with Gasteiger partial charge in [0.2, 0.25) is 35.5 Å². The summed E-state index contributed by atoms with van der Waals surface area (Å²) >= 11 is 0. The molecule has 4 aromatic carbocycles. The number of ether oxygens (including phenoxy) is 5. The zero-order chi connectivity index (χ0) is 73.1. The molecule has 0 bridgehead atoms. The van der Waals surface area contributed by atoms with E-state index in [2.05, 4.69) is 46.5 Å². The van der Waals surface area contributed by atoms with Crippen LogP contribution in [0.4, 0.5) is 24.8 Å². The monoisotopic (exact) mass is 1440 g/mol. The summed E-state index contributed by atoms with van der Waals surface area (Å²) in [6.45, 7) is 3.41. The van der Waals surface area contributed by atoms with Crippen LogP contribution in [-0.2, 0) is 64.7 Å². The van der Waals surface area contributed by atoms with E-state index in [0.29, 0.717) is 79.5 Å². The zero-order valence-corrected chi connectivity index (χ0v) is 58.6. The standard InChI is InChI=1S/C70H84F3N11O15S2/c1-44(2)63(90)81-68-80-62-61(65(92)82-68)78-49(40-77-62)41-84(67(94)70(71,72)73)50-25-19-45(20-26-50)64(91)79-55(66(93)97-6)31-32-58(87)75-35-13-8-7-12-17-57(86)76-36-38-101-100-37-14-18-59(88)83-42-54(99-60(89)34-33-56(85)74-3)39-51(83)43-98-69(46-15-10-9-11-16-46,47-21-27-52(95-4)28-22-47)48-23-29-53(96-5)30-24-48/h9-11,15-16,19-30,40,44,51,54-55H,7-8,12-14,17-18,31-39,41-43H2,1-6H3,(H,74,85)(H,75,87)(H,76,86)(H,79,91)(H2,77,80,81,82,90,92)/t51-,54+,55+/m0/s1. The Morgan fingerprint density at radius 1 is 0.713 bits per heavy atom. The number of alkyl halides is 3. The SMILES string of the molecule is CNC(=O)CCC(=O)O[C@@H]1C[C@@H](COC(c2ccccc2)(c2ccc(OC)cc2)c2ccc(OC)cc2)N(C(=O)CCCSSCCNC(=O)CCCCCCNC(=O)CC[C@@H](NC(=O)c2ccc(N(Cc3cnc4nc(NC(=O)C(C)C)[nH]c(=O)c4n3)C(=O)C(F)(F)F)cc2)C(=O)OC)C1. The van der Waals surface area contributed by atoms with Gasteiger partial charge in [-0.05, 0) is 90.9 Å². The molecule has 542 valence electrons. The molecule has 3 heterocycles. The van der Waals surface area contributed by atoms with E-state index in [1.165, 1.54) is 7.05 Å². The number of methoxy groups -OCH3 is 3. The first-order valence-electron chi connectivity index (χ1n) is 32.9. The number of nitrogens with zero attached hydrogens (tertiary/aromatic N) is 5. The third-order valence-electron chi connectivity index (χ3n) is 16.3. The fourth-order valence-corrected chi connectivity index (χ4v) is 12.9. The van der Waals surface area contributed by atoms with Gasteiger partial charge < -0.3 is 49.9 Å². The minimum atomic E-state index is -5.36. The minimum absolute atomic E-state index is 0.0272. The molecule has 2 aromatic heterocycles. The number of rotatable bonds is 38. The van der Waals surface area contributed by atoms with Crippen LogP contribution in [0.1, 0.15) is 124 Å². The van der Waals surface area contributed by atoms with Crippen LogP contribution in [-0.4, -0.2) is 169 Å². The van der Waals surface area contributed by atoms with E-state index in [9.17, 15) is 61.1 Å². The van der Waals surface area contributed by atoms with E-state index < -0.39 is 83.6 Å². The number of benzene rings is 4. The predicted octanol–water partition coefficient (Wildman–Crippen LogP) is 7.86. The number of fused-ring (bicyclic) bond motifs is 1. The number of hydrogen-bond acceptors (Lipinski definition) is 20. The topological polar surface area (TPSA) is 338 Å². The summed E-state index contributed by atoms with van der Waals surface area (Å²) < 4.78 is 70.7. The highest BCUT2D eigenvalue weighted by atomic mass is 33.1. The lowest BCUT2D eigenvalue weighted by molar-refractivity contribution is -0.170. The van der Waals surface area contributed by atoms with Crippen LogP contribution in [0, 0.1) is 5.92 Å². The Kier molecular flexibility index (Phi) is 30.3. The number of hydrogen-bond donors (Lipinski definition) is 6. The van der Waals surface area contributed by atoms with Gasteiger partial charge in [-0.2, -0.15) is 18.2 Å². The van der Waals surface area contributed by atoms with Crippen molar-refractivity contribution in [1.29, 1.82) is 0 Å². The Bertz CT molecular complexity index is 3810. The zero-order valence-electron chi connectivity index (χ0n) is 56.9. The molecule has 0 spiro atoms. The van der Waals surface area contributed by atoms with Crippen LogP contribution in [0.25, 0.3) is 11.2 Å². The average Bonchev–Trinajstić information content (AvgIpc) is 1.41. The number of unbranched alkanes of at least 4 members (excludes halogenated alkanes) is 3. The molecule has 1 fully saturated rings. The van der Waals surface area contributed by atoms with Crippen molar-refractivity contribution in [3.63, 3.8) is 0 Å². The summed E-state index contributed by atoms with van der Waals surface area (Å²) in [5.74, 6) is -3.92. The summed E-state index contributed by atoms with van der Waals surface area (Å²) in [7, 11) is 8.96. The highest BCUT2D eigenvalue weighted by Crippen LogP contribution is 2.43. The second kappa shape index (κ2) is 38.8. The fourth-order valence-electron chi connectivity index (χ4n) is 10.9. The number of anilines is 2. The van der Waals surface area contributed by atoms with E-state index in [0.717, 1.165) is 60.7 Å². The predicted molar refractivity (Wildman–Crippen MR) is 372 cm³/mol. The van der Waals surface area contributed by atoms with E-state index in [4.69, 9.17) is 23.7 Å². The fraction of sp³-hybridized carbons (Fsp3) is 0.443. The Balaban J connectivity index is 0.797. The Hall–Kier alpha value is -9.62. The third-order valence-corrected chi connectivity index (χ3v) is 18.8. The van der Waals surface area contributed by atoms with Crippen LogP contribution in [0.2, 0.25) is 0 Å². The van der Waals surface area contributed by atoms with Gasteiger partial charge in [-0.15, -0.1) is 0 Å². The number of halogens is 3. The van der Waals surface area contributed by atoms with Crippen LogP contribution >= 0.6 is 21.6 Å². The molecule has 0 unspecified atom stereocenters. The molecule has 6 N–H and O–H groups in total. The van der Waals surface area contributed by atoms with Crippen molar-refractivity contribution in [3.8, 4) is 11.5 Å². The maximum Gasteiger partial charge on any atom is 0.471 e. The number of carbonyl (C=O) groups is 9. The molecule has 6 aromatic rings. The second-order valence-corrected chi connectivity index (χ2v) is 26.5. The average molecular weight is 1440 g/mol. The van der Waals surface area contributed by atoms with Crippen LogP contribution in [0.3, 0.4) is 0 Å². The van der Waals surface area contributed by atoms with Crippen LogP contribution < -0.4 is 46.5 Å². The van der Waals surface area contributed by atoms with Crippen molar-refractivity contribution in [2.24, 2.45) is 5.92 Å². The highest BCUT2D eigenvalue weighted by Gasteiger charge is 2.45. The second-order valence-electron chi connectivity index (χ2n) is 23.8. The van der Waals surface area contributed by atoms with Gasteiger partial charge in [0.05, 0.1) is 65.4 Å². The first-order chi connectivity index (χ1) is 48.5. The van der Waals surface area contributed by atoms with Crippen LogP contribution in [0.15, 0.2) is 114 Å². The van der Waals surface area contributed by atoms with Gasteiger partial charge in [-0.1, -0.05) is 103 Å². The van der Waals surface area contributed by atoms with Gasteiger partial charge in [0, 0.05) is 80.9 Å². The molecular formula is C70H84F3N11O15S2. The summed E-state index contributed by atoms with van der Waals surface area (Å²) in [4.78, 5) is 145. The highest BCUT2D eigenvalue weighted by molar-refractivity contribution is 8.76. The lowest BCUT2D eigenvalue weighted by Crippen LogP contribution is -2.42. The van der Waals surface area contributed by atoms with Gasteiger partial charge in [-0.3, -0.25) is 58.4 Å². The van der Waals surface area contributed by atoms with Gasteiger partial charge >= 0.3 is 24.0 Å². The molecule has 7 rings (SSSR count).